The molecular weight excluding hydrogens is 222 g/mol. The molecule has 3 nitrogen and oxygen atoms in total. The zero-order valence-electron chi connectivity index (χ0n) is 12.2. The van der Waals surface area contributed by atoms with Gasteiger partial charge in [0.2, 0.25) is 0 Å². The maximum atomic E-state index is 5.95. The van der Waals surface area contributed by atoms with Crippen LogP contribution >= 0.6 is 0 Å². The molecule has 3 heteroatoms. The maximum Gasteiger partial charge on any atom is 0.0346 e. The van der Waals surface area contributed by atoms with Gasteiger partial charge in [-0.25, -0.2) is 0 Å². The Balaban J connectivity index is 2.49. The van der Waals surface area contributed by atoms with E-state index in [4.69, 9.17) is 5.73 Å². The summed E-state index contributed by atoms with van der Waals surface area (Å²) in [7, 11) is 4.24. The van der Waals surface area contributed by atoms with Gasteiger partial charge in [0, 0.05) is 12.2 Å². The standard InChI is InChI=1S/C15H27N3/c1-5-18(10-6-9-17(3)4)12-14-8-7-13(2)15(16)11-14/h7-8,11H,5-6,9-10,12,16H2,1-4H3. The fraction of sp³-hybridized carbons (Fsp3) is 0.600. The van der Waals surface area contributed by atoms with Gasteiger partial charge in [-0.15, -0.1) is 0 Å². The van der Waals surface area contributed by atoms with Crippen LogP contribution in [0.1, 0.15) is 24.5 Å². The highest BCUT2D eigenvalue weighted by atomic mass is 15.1. The predicted molar refractivity (Wildman–Crippen MR) is 79.7 cm³/mol. The van der Waals surface area contributed by atoms with Gasteiger partial charge in [-0.1, -0.05) is 19.1 Å². The molecular formula is C15H27N3. The van der Waals surface area contributed by atoms with E-state index in [1.807, 2.05) is 6.92 Å². The molecule has 2 N–H and O–H groups in total. The van der Waals surface area contributed by atoms with Gasteiger partial charge in [-0.3, -0.25) is 4.90 Å². The second kappa shape index (κ2) is 7.39. The minimum absolute atomic E-state index is 0.900. The maximum absolute atomic E-state index is 5.95. The monoisotopic (exact) mass is 249 g/mol. The second-order valence-corrected chi connectivity index (χ2v) is 5.22. The molecule has 1 rings (SSSR count). The first kappa shape index (κ1) is 15.0. The molecule has 0 spiro atoms. The smallest absolute Gasteiger partial charge is 0.0346 e. The predicted octanol–water partition coefficient (Wildman–Crippen LogP) is 2.35. The highest BCUT2D eigenvalue weighted by Gasteiger charge is 2.05. The summed E-state index contributed by atoms with van der Waals surface area (Å²) < 4.78 is 0. The van der Waals surface area contributed by atoms with Gasteiger partial charge in [0.1, 0.15) is 0 Å². The molecule has 0 aliphatic carbocycles. The molecule has 102 valence electrons. The van der Waals surface area contributed by atoms with Crippen molar-refractivity contribution in [2.75, 3.05) is 39.5 Å². The summed E-state index contributed by atoms with van der Waals surface area (Å²) in [4.78, 5) is 4.70. The molecule has 0 unspecified atom stereocenters. The molecule has 0 fully saturated rings. The Bertz CT molecular complexity index is 361. The fourth-order valence-electron chi connectivity index (χ4n) is 2.01. The molecule has 0 aromatic heterocycles. The molecule has 0 saturated carbocycles. The van der Waals surface area contributed by atoms with E-state index < -0.39 is 0 Å². The summed E-state index contributed by atoms with van der Waals surface area (Å²) >= 11 is 0. The Labute approximate surface area is 112 Å². The average molecular weight is 249 g/mol. The van der Waals surface area contributed by atoms with Gasteiger partial charge in [0.15, 0.2) is 0 Å². The van der Waals surface area contributed by atoms with Crippen molar-refractivity contribution >= 4 is 5.69 Å². The van der Waals surface area contributed by atoms with Crippen molar-refractivity contribution in [1.82, 2.24) is 9.80 Å². The lowest BCUT2D eigenvalue weighted by molar-refractivity contribution is 0.259. The minimum Gasteiger partial charge on any atom is -0.399 e. The van der Waals surface area contributed by atoms with Crippen molar-refractivity contribution in [2.24, 2.45) is 0 Å². The quantitative estimate of drug-likeness (QED) is 0.753. The van der Waals surface area contributed by atoms with Crippen molar-refractivity contribution in [3.63, 3.8) is 0 Å². The second-order valence-electron chi connectivity index (χ2n) is 5.22. The number of nitrogens with zero attached hydrogens (tertiary/aromatic N) is 2. The summed E-state index contributed by atoms with van der Waals surface area (Å²) in [6.45, 7) is 8.63. The van der Waals surface area contributed by atoms with E-state index in [1.54, 1.807) is 0 Å². The number of nitrogens with two attached hydrogens (primary N) is 1. The van der Waals surface area contributed by atoms with Crippen molar-refractivity contribution in [2.45, 2.75) is 26.8 Å². The Morgan fingerprint density at radius 2 is 1.89 bits per heavy atom. The third-order valence-electron chi connectivity index (χ3n) is 3.28. The molecule has 0 amide bonds. The topological polar surface area (TPSA) is 32.5 Å². The lowest BCUT2D eigenvalue weighted by atomic mass is 10.1. The van der Waals surface area contributed by atoms with E-state index in [0.29, 0.717) is 0 Å². The molecule has 0 radical (unpaired) electrons. The molecule has 0 heterocycles. The highest BCUT2D eigenvalue weighted by molar-refractivity contribution is 5.48. The van der Waals surface area contributed by atoms with Gasteiger partial charge < -0.3 is 10.6 Å². The van der Waals surface area contributed by atoms with Crippen LogP contribution in [0.2, 0.25) is 0 Å². The van der Waals surface area contributed by atoms with E-state index in [9.17, 15) is 0 Å². The van der Waals surface area contributed by atoms with Crippen LogP contribution in [-0.2, 0) is 6.54 Å². The van der Waals surface area contributed by atoms with Crippen LogP contribution in [-0.4, -0.2) is 43.5 Å². The number of anilines is 1. The first-order valence-corrected chi connectivity index (χ1v) is 6.75. The minimum atomic E-state index is 0.900. The van der Waals surface area contributed by atoms with Crippen molar-refractivity contribution in [1.29, 1.82) is 0 Å². The lowest BCUT2D eigenvalue weighted by Gasteiger charge is -2.21. The summed E-state index contributed by atoms with van der Waals surface area (Å²) in [5.74, 6) is 0. The Morgan fingerprint density at radius 3 is 2.44 bits per heavy atom. The highest BCUT2D eigenvalue weighted by Crippen LogP contribution is 2.14. The summed E-state index contributed by atoms with van der Waals surface area (Å²) in [6.07, 6.45) is 1.21. The molecule has 1 aromatic carbocycles. The number of rotatable bonds is 7. The van der Waals surface area contributed by atoms with Gasteiger partial charge >= 0.3 is 0 Å². The van der Waals surface area contributed by atoms with Crippen LogP contribution in [0, 0.1) is 6.92 Å². The first-order valence-electron chi connectivity index (χ1n) is 6.75. The third-order valence-corrected chi connectivity index (χ3v) is 3.28. The zero-order valence-corrected chi connectivity index (χ0v) is 12.2. The number of nitrogen functional groups attached to an aromatic ring is 1. The molecule has 0 atom stereocenters. The number of hydrogen-bond acceptors (Lipinski definition) is 3. The van der Waals surface area contributed by atoms with Crippen molar-refractivity contribution in [3.8, 4) is 0 Å². The van der Waals surface area contributed by atoms with Gasteiger partial charge in [-0.2, -0.15) is 0 Å². The average Bonchev–Trinajstić information content (AvgIpc) is 2.32. The van der Waals surface area contributed by atoms with Crippen LogP contribution < -0.4 is 5.73 Å². The van der Waals surface area contributed by atoms with Gasteiger partial charge in [0.25, 0.3) is 0 Å². The van der Waals surface area contributed by atoms with Crippen LogP contribution in [0.3, 0.4) is 0 Å². The SMILES string of the molecule is CCN(CCCN(C)C)Cc1ccc(C)c(N)c1. The largest absolute Gasteiger partial charge is 0.399 e. The van der Waals surface area contributed by atoms with Crippen molar-refractivity contribution in [3.05, 3.63) is 29.3 Å². The lowest BCUT2D eigenvalue weighted by Crippen LogP contribution is -2.26. The molecule has 0 saturated heterocycles. The third kappa shape index (κ3) is 5.07. The van der Waals surface area contributed by atoms with Crippen LogP contribution in [0.4, 0.5) is 5.69 Å². The molecule has 1 aromatic rings. The van der Waals surface area contributed by atoms with E-state index in [0.717, 1.165) is 37.4 Å². The molecule has 18 heavy (non-hydrogen) atoms. The fourth-order valence-corrected chi connectivity index (χ4v) is 2.01. The van der Waals surface area contributed by atoms with Gasteiger partial charge in [0.05, 0.1) is 0 Å². The van der Waals surface area contributed by atoms with E-state index in [2.05, 4.69) is 49.0 Å². The first-order chi connectivity index (χ1) is 8.52. The van der Waals surface area contributed by atoms with Crippen molar-refractivity contribution < 1.29 is 0 Å². The molecule has 0 aliphatic rings. The van der Waals surface area contributed by atoms with E-state index in [1.165, 1.54) is 12.0 Å². The van der Waals surface area contributed by atoms with Crippen LogP contribution in [0.25, 0.3) is 0 Å². The zero-order chi connectivity index (χ0) is 13.5. The van der Waals surface area contributed by atoms with E-state index in [-0.39, 0.29) is 0 Å². The van der Waals surface area contributed by atoms with Gasteiger partial charge in [-0.05, 0) is 64.3 Å². The molecule has 0 aliphatic heterocycles. The Hall–Kier alpha value is -1.06. The number of hydrogen-bond donors (Lipinski definition) is 1. The normalized spacial score (nSPS) is 11.4. The Morgan fingerprint density at radius 1 is 1.17 bits per heavy atom. The Kier molecular flexibility index (Phi) is 6.16. The molecule has 0 bridgehead atoms. The van der Waals surface area contributed by atoms with Crippen LogP contribution in [0.15, 0.2) is 18.2 Å². The summed E-state index contributed by atoms with van der Waals surface area (Å²) in [5.41, 5.74) is 9.32. The van der Waals surface area contributed by atoms with E-state index >= 15 is 0 Å². The number of benzene rings is 1. The summed E-state index contributed by atoms with van der Waals surface area (Å²) in [6, 6.07) is 6.39. The summed E-state index contributed by atoms with van der Waals surface area (Å²) in [5, 5.41) is 0. The number of aryl methyl sites for hydroxylation is 1. The van der Waals surface area contributed by atoms with Crippen LogP contribution in [0.5, 0.6) is 0 Å².